The van der Waals surface area contributed by atoms with E-state index in [0.29, 0.717) is 12.0 Å². The van der Waals surface area contributed by atoms with Crippen LogP contribution < -0.4 is 5.32 Å². The zero-order valence-electron chi connectivity index (χ0n) is 10.7. The molecule has 96 valence electrons. The molecule has 0 saturated carbocycles. The minimum atomic E-state index is -0.243. The molecule has 0 bridgehead atoms. The lowest BCUT2D eigenvalue weighted by molar-refractivity contribution is 0.0945. The Bertz CT molecular complexity index is 595. The number of carbonyl (C=O) groups is 1. The average molecular weight is 253 g/mol. The van der Waals surface area contributed by atoms with Crippen molar-refractivity contribution in [3.05, 3.63) is 48.3 Å². The van der Waals surface area contributed by atoms with E-state index < -0.39 is 0 Å². The van der Waals surface area contributed by atoms with Gasteiger partial charge in [-0.1, -0.05) is 31.0 Å². The smallest absolute Gasteiger partial charge is 0.255 e. The van der Waals surface area contributed by atoms with Crippen LogP contribution in [0.5, 0.6) is 0 Å². The first-order valence-electron chi connectivity index (χ1n) is 6.11. The van der Waals surface area contributed by atoms with Gasteiger partial charge in [0.15, 0.2) is 0 Å². The Balaban J connectivity index is 2.14. The molecule has 1 N–H and O–H groups in total. The van der Waals surface area contributed by atoms with Crippen LogP contribution in [-0.2, 0) is 0 Å². The molecule has 1 amide bonds. The number of nitrogens with zero attached hydrogens (tertiary/aromatic N) is 2. The molecule has 4 nitrogen and oxygen atoms in total. The second-order valence-electron chi connectivity index (χ2n) is 4.11. The molecular formula is C15H15N3O. The number of amides is 1. The first-order valence-corrected chi connectivity index (χ1v) is 6.11. The van der Waals surface area contributed by atoms with Crippen molar-refractivity contribution in [3.63, 3.8) is 0 Å². The lowest BCUT2D eigenvalue weighted by Crippen LogP contribution is -2.32. The maximum Gasteiger partial charge on any atom is 0.255 e. The molecule has 0 aliphatic carbocycles. The van der Waals surface area contributed by atoms with Crippen LogP contribution in [0.3, 0.4) is 0 Å². The van der Waals surface area contributed by atoms with Gasteiger partial charge in [-0.3, -0.25) is 4.79 Å². The highest BCUT2D eigenvalue weighted by atomic mass is 16.1. The fraction of sp³-hybridized carbons (Fsp3) is 0.200. The second-order valence-corrected chi connectivity index (χ2v) is 4.11. The lowest BCUT2D eigenvalue weighted by Gasteiger charge is -2.08. The van der Waals surface area contributed by atoms with Gasteiger partial charge in [0.05, 0.1) is 23.5 Å². The highest BCUT2D eigenvalue weighted by Gasteiger charge is 2.12. The Labute approximate surface area is 112 Å². The molecule has 0 fully saturated rings. The zero-order chi connectivity index (χ0) is 13.7. The van der Waals surface area contributed by atoms with E-state index in [2.05, 4.69) is 16.3 Å². The van der Waals surface area contributed by atoms with E-state index in [-0.39, 0.29) is 11.9 Å². The minimum Gasteiger partial charge on any atom is -0.338 e. The molecular weight excluding hydrogens is 238 g/mol. The summed E-state index contributed by atoms with van der Waals surface area (Å²) >= 11 is 0. The third kappa shape index (κ3) is 3.02. The van der Waals surface area contributed by atoms with Crippen LogP contribution in [0.1, 0.15) is 23.7 Å². The number of carbonyl (C=O) groups excluding carboxylic acids is 1. The Morgan fingerprint density at radius 3 is 2.84 bits per heavy atom. The number of nitrogens with one attached hydrogen (secondary N) is 1. The van der Waals surface area contributed by atoms with E-state index in [9.17, 15) is 4.79 Å². The Morgan fingerprint density at radius 1 is 1.47 bits per heavy atom. The summed E-state index contributed by atoms with van der Waals surface area (Å²) in [4.78, 5) is 12.0. The first kappa shape index (κ1) is 12.9. The summed E-state index contributed by atoms with van der Waals surface area (Å²) in [6.45, 7) is 1.93. The van der Waals surface area contributed by atoms with Crippen molar-refractivity contribution in [2.75, 3.05) is 0 Å². The normalized spacial score (nSPS) is 11.6. The van der Waals surface area contributed by atoms with Crippen LogP contribution in [0.25, 0.3) is 5.69 Å². The van der Waals surface area contributed by atoms with Crippen LogP contribution in [0.2, 0.25) is 0 Å². The second kappa shape index (κ2) is 5.87. The zero-order valence-corrected chi connectivity index (χ0v) is 10.7. The van der Waals surface area contributed by atoms with Gasteiger partial charge in [-0.05, 0) is 18.6 Å². The molecule has 1 atom stereocenters. The highest BCUT2D eigenvalue weighted by Crippen LogP contribution is 2.07. The first-order chi connectivity index (χ1) is 9.24. The lowest BCUT2D eigenvalue weighted by atomic mass is 10.2. The Hall–Kier alpha value is -2.54. The maximum atomic E-state index is 12.0. The van der Waals surface area contributed by atoms with Gasteiger partial charge in [-0.2, -0.15) is 5.10 Å². The molecule has 0 aliphatic heterocycles. The van der Waals surface area contributed by atoms with Crippen LogP contribution in [0.15, 0.2) is 42.7 Å². The summed E-state index contributed by atoms with van der Waals surface area (Å²) in [6.07, 6.45) is 9.25. The summed E-state index contributed by atoms with van der Waals surface area (Å²) in [7, 11) is 0. The van der Waals surface area contributed by atoms with Crippen molar-refractivity contribution in [3.8, 4) is 18.0 Å². The van der Waals surface area contributed by atoms with Gasteiger partial charge < -0.3 is 5.32 Å². The van der Waals surface area contributed by atoms with Gasteiger partial charge >= 0.3 is 0 Å². The molecule has 0 aliphatic rings. The van der Waals surface area contributed by atoms with E-state index in [1.54, 1.807) is 10.9 Å². The van der Waals surface area contributed by atoms with Gasteiger partial charge in [0.2, 0.25) is 0 Å². The molecule has 19 heavy (non-hydrogen) atoms. The van der Waals surface area contributed by atoms with Crippen LogP contribution in [0.4, 0.5) is 0 Å². The van der Waals surface area contributed by atoms with Gasteiger partial charge in [0.1, 0.15) is 0 Å². The van der Waals surface area contributed by atoms with E-state index in [1.165, 1.54) is 6.20 Å². The van der Waals surface area contributed by atoms with Crippen molar-refractivity contribution in [2.45, 2.75) is 19.4 Å². The summed E-state index contributed by atoms with van der Waals surface area (Å²) < 4.78 is 1.66. The highest BCUT2D eigenvalue weighted by molar-refractivity contribution is 5.94. The SMILES string of the molecule is C#CC(CC)NC(=O)c1cnn(-c2ccccc2)c1. The topological polar surface area (TPSA) is 46.9 Å². The molecule has 4 heteroatoms. The third-order valence-electron chi connectivity index (χ3n) is 2.78. The third-order valence-corrected chi connectivity index (χ3v) is 2.78. The van der Waals surface area contributed by atoms with Gasteiger partial charge in [-0.15, -0.1) is 6.42 Å². The van der Waals surface area contributed by atoms with E-state index >= 15 is 0 Å². The summed E-state index contributed by atoms with van der Waals surface area (Å²) in [5.74, 6) is 2.33. The van der Waals surface area contributed by atoms with Crippen molar-refractivity contribution < 1.29 is 4.79 Å². The molecule has 2 aromatic rings. The monoisotopic (exact) mass is 253 g/mol. The molecule has 2 rings (SSSR count). The average Bonchev–Trinajstić information content (AvgIpc) is 2.95. The largest absolute Gasteiger partial charge is 0.338 e. The number of hydrogen-bond donors (Lipinski definition) is 1. The summed E-state index contributed by atoms with van der Waals surface area (Å²) in [6, 6.07) is 9.37. The molecule has 1 unspecified atom stereocenters. The van der Waals surface area contributed by atoms with Gasteiger partial charge in [0, 0.05) is 6.20 Å². The van der Waals surface area contributed by atoms with Crippen LogP contribution >= 0.6 is 0 Å². The van der Waals surface area contributed by atoms with E-state index in [0.717, 1.165) is 5.69 Å². The summed E-state index contributed by atoms with van der Waals surface area (Å²) in [5.41, 5.74) is 1.41. The Kier molecular flexibility index (Phi) is 3.99. The number of hydrogen-bond acceptors (Lipinski definition) is 2. The molecule has 1 aromatic heterocycles. The van der Waals surface area contributed by atoms with E-state index in [1.807, 2.05) is 37.3 Å². The predicted octanol–water partition coefficient (Wildman–Crippen LogP) is 2.01. The Morgan fingerprint density at radius 2 is 2.21 bits per heavy atom. The fourth-order valence-corrected chi connectivity index (χ4v) is 1.67. The number of benzene rings is 1. The van der Waals surface area contributed by atoms with Crippen LogP contribution in [0, 0.1) is 12.3 Å². The number of rotatable bonds is 4. The standard InChI is InChI=1S/C15H15N3O/c1-3-13(4-2)17-15(19)12-10-16-18(11-12)14-8-6-5-7-9-14/h1,5-11,13H,4H2,2H3,(H,17,19). The van der Waals surface area contributed by atoms with Crippen molar-refractivity contribution >= 4 is 5.91 Å². The number of para-hydroxylation sites is 1. The minimum absolute atomic E-state index is 0.202. The molecule has 0 saturated heterocycles. The van der Waals surface area contributed by atoms with Crippen molar-refractivity contribution in [2.24, 2.45) is 0 Å². The summed E-state index contributed by atoms with van der Waals surface area (Å²) in [5, 5.41) is 6.94. The van der Waals surface area contributed by atoms with Gasteiger partial charge in [0.25, 0.3) is 5.91 Å². The molecule has 0 spiro atoms. The molecule has 1 heterocycles. The van der Waals surface area contributed by atoms with Crippen molar-refractivity contribution in [1.29, 1.82) is 0 Å². The quantitative estimate of drug-likeness (QED) is 0.847. The number of terminal acetylenes is 1. The van der Waals surface area contributed by atoms with Crippen molar-refractivity contribution in [1.82, 2.24) is 15.1 Å². The molecule has 0 radical (unpaired) electrons. The predicted molar refractivity (Wildman–Crippen MR) is 73.9 cm³/mol. The molecule has 1 aromatic carbocycles. The van der Waals surface area contributed by atoms with Gasteiger partial charge in [-0.25, -0.2) is 4.68 Å². The van der Waals surface area contributed by atoms with Crippen LogP contribution in [-0.4, -0.2) is 21.7 Å². The fourth-order valence-electron chi connectivity index (χ4n) is 1.67. The van der Waals surface area contributed by atoms with E-state index in [4.69, 9.17) is 6.42 Å². The number of aromatic nitrogens is 2. The maximum absolute atomic E-state index is 12.0.